The van der Waals surface area contributed by atoms with Crippen molar-refractivity contribution in [3.05, 3.63) is 82.0 Å². The largest absolute Gasteiger partial charge is 0.493 e. The molecule has 0 aliphatic heterocycles. The van der Waals surface area contributed by atoms with Crippen LogP contribution in [0.2, 0.25) is 5.02 Å². The smallest absolute Gasteiger partial charge is 0.264 e. The molecule has 9 nitrogen and oxygen atoms in total. The summed E-state index contributed by atoms with van der Waals surface area (Å²) in [6, 6.07) is 14.4. The Morgan fingerprint density at radius 2 is 1.88 bits per heavy atom. The summed E-state index contributed by atoms with van der Waals surface area (Å²) in [5.74, 6) is 0.768. The van der Waals surface area contributed by atoms with Crippen LogP contribution >= 0.6 is 11.6 Å². The molecule has 1 amide bonds. The lowest BCUT2D eigenvalue weighted by atomic mass is 10.2. The molecule has 0 radical (unpaired) electrons. The first-order chi connectivity index (χ1) is 16.0. The van der Waals surface area contributed by atoms with Gasteiger partial charge in [0.2, 0.25) is 0 Å². The number of para-hydroxylation sites is 2. The standard InChI is InChI=1S/C23H22ClN5O4/c1-32-19-4-2-3-5-20(19)33-14-21(30)25-10-11-29-22-18(12-27-29)23(31)28(15-26-22)13-16-6-8-17(24)9-7-16/h2-9,12,15H,10-11,13-14H2,1H3,(H,25,30). The molecule has 0 fully saturated rings. The number of fused-ring (bicyclic) bond motifs is 1. The molecule has 1 N–H and O–H groups in total. The first-order valence-electron chi connectivity index (χ1n) is 10.2. The summed E-state index contributed by atoms with van der Waals surface area (Å²) >= 11 is 5.92. The third-order valence-corrected chi connectivity index (χ3v) is 5.21. The van der Waals surface area contributed by atoms with Gasteiger partial charge in [-0.15, -0.1) is 0 Å². The highest BCUT2D eigenvalue weighted by atomic mass is 35.5. The van der Waals surface area contributed by atoms with Crippen LogP contribution in [0.3, 0.4) is 0 Å². The van der Waals surface area contributed by atoms with E-state index in [0.29, 0.717) is 47.2 Å². The Kier molecular flexibility index (Phi) is 6.89. The minimum Gasteiger partial charge on any atom is -0.493 e. The summed E-state index contributed by atoms with van der Waals surface area (Å²) in [5.41, 5.74) is 1.22. The SMILES string of the molecule is COc1ccccc1OCC(=O)NCCn1ncc2c(=O)n(Cc3ccc(Cl)cc3)cnc21. The highest BCUT2D eigenvalue weighted by Gasteiger charge is 2.11. The zero-order valence-corrected chi connectivity index (χ0v) is 18.7. The quantitative estimate of drug-likeness (QED) is 0.406. The molecule has 4 rings (SSSR count). The van der Waals surface area contributed by atoms with E-state index >= 15 is 0 Å². The molecule has 170 valence electrons. The van der Waals surface area contributed by atoms with Gasteiger partial charge in [-0.05, 0) is 29.8 Å². The lowest BCUT2D eigenvalue weighted by Crippen LogP contribution is -2.32. The van der Waals surface area contributed by atoms with Gasteiger partial charge in [0.1, 0.15) is 11.7 Å². The number of benzene rings is 2. The van der Waals surface area contributed by atoms with Crippen molar-refractivity contribution in [2.24, 2.45) is 0 Å². The summed E-state index contributed by atoms with van der Waals surface area (Å²) in [4.78, 5) is 29.3. The normalized spacial score (nSPS) is 10.8. The molecule has 0 saturated heterocycles. The Bertz CT molecular complexity index is 1320. The molecule has 0 aliphatic rings. The molecule has 0 bridgehead atoms. The average Bonchev–Trinajstić information content (AvgIpc) is 3.25. The van der Waals surface area contributed by atoms with Gasteiger partial charge in [0.25, 0.3) is 11.5 Å². The Morgan fingerprint density at radius 1 is 1.12 bits per heavy atom. The van der Waals surface area contributed by atoms with E-state index in [9.17, 15) is 9.59 Å². The zero-order valence-electron chi connectivity index (χ0n) is 17.9. The topological polar surface area (TPSA) is 100 Å². The Labute approximate surface area is 194 Å². The highest BCUT2D eigenvalue weighted by Crippen LogP contribution is 2.25. The first-order valence-corrected chi connectivity index (χ1v) is 10.6. The number of nitrogens with zero attached hydrogens (tertiary/aromatic N) is 4. The van der Waals surface area contributed by atoms with E-state index in [1.54, 1.807) is 35.0 Å². The number of nitrogens with one attached hydrogen (secondary N) is 1. The van der Waals surface area contributed by atoms with Crippen LogP contribution in [0.1, 0.15) is 5.56 Å². The van der Waals surface area contributed by atoms with E-state index < -0.39 is 0 Å². The molecule has 33 heavy (non-hydrogen) atoms. The van der Waals surface area contributed by atoms with Crippen molar-refractivity contribution in [1.82, 2.24) is 24.6 Å². The molecular formula is C23H22ClN5O4. The number of rotatable bonds is 9. The van der Waals surface area contributed by atoms with Crippen LogP contribution in [-0.4, -0.2) is 45.5 Å². The summed E-state index contributed by atoms with van der Waals surface area (Å²) < 4.78 is 13.8. The van der Waals surface area contributed by atoms with Crippen molar-refractivity contribution in [3.8, 4) is 11.5 Å². The number of amides is 1. The van der Waals surface area contributed by atoms with Gasteiger partial charge in [-0.1, -0.05) is 35.9 Å². The summed E-state index contributed by atoms with van der Waals surface area (Å²) in [6.45, 7) is 0.901. The third-order valence-electron chi connectivity index (χ3n) is 4.96. The molecule has 2 aromatic heterocycles. The monoisotopic (exact) mass is 467 g/mol. The van der Waals surface area contributed by atoms with Crippen LogP contribution in [-0.2, 0) is 17.9 Å². The number of carbonyl (C=O) groups is 1. The van der Waals surface area contributed by atoms with Crippen molar-refractivity contribution in [2.75, 3.05) is 20.3 Å². The lowest BCUT2D eigenvalue weighted by Gasteiger charge is -2.10. The van der Waals surface area contributed by atoms with Crippen molar-refractivity contribution >= 4 is 28.5 Å². The zero-order chi connectivity index (χ0) is 23.2. The van der Waals surface area contributed by atoms with E-state index in [2.05, 4.69) is 15.4 Å². The number of hydrogen-bond acceptors (Lipinski definition) is 6. The van der Waals surface area contributed by atoms with E-state index in [-0.39, 0.29) is 18.1 Å². The second kappa shape index (κ2) is 10.2. The number of halogens is 1. The van der Waals surface area contributed by atoms with Crippen LogP contribution in [0.4, 0.5) is 0 Å². The van der Waals surface area contributed by atoms with E-state index in [4.69, 9.17) is 21.1 Å². The molecule has 2 heterocycles. The second-order valence-electron chi connectivity index (χ2n) is 7.20. The fourth-order valence-corrected chi connectivity index (χ4v) is 3.42. The van der Waals surface area contributed by atoms with Gasteiger partial charge in [0, 0.05) is 11.6 Å². The van der Waals surface area contributed by atoms with Crippen LogP contribution < -0.4 is 20.3 Å². The number of ether oxygens (including phenoxy) is 2. The summed E-state index contributed by atoms with van der Waals surface area (Å²) in [5, 5.41) is 8.07. The van der Waals surface area contributed by atoms with Gasteiger partial charge in [0.15, 0.2) is 23.8 Å². The van der Waals surface area contributed by atoms with Gasteiger partial charge in [0.05, 0.1) is 26.4 Å². The third kappa shape index (κ3) is 5.32. The van der Waals surface area contributed by atoms with E-state index in [0.717, 1.165) is 5.56 Å². The van der Waals surface area contributed by atoms with Gasteiger partial charge < -0.3 is 14.8 Å². The molecule has 2 aromatic carbocycles. The van der Waals surface area contributed by atoms with Gasteiger partial charge in [-0.3, -0.25) is 14.2 Å². The average molecular weight is 468 g/mol. The fraction of sp³-hybridized carbons (Fsp3) is 0.217. The second-order valence-corrected chi connectivity index (χ2v) is 7.64. The lowest BCUT2D eigenvalue weighted by molar-refractivity contribution is -0.123. The van der Waals surface area contributed by atoms with Gasteiger partial charge >= 0.3 is 0 Å². The Hall–Kier alpha value is -3.85. The van der Waals surface area contributed by atoms with Crippen molar-refractivity contribution in [3.63, 3.8) is 0 Å². The van der Waals surface area contributed by atoms with Crippen LogP contribution in [0.5, 0.6) is 11.5 Å². The van der Waals surface area contributed by atoms with Crippen molar-refractivity contribution < 1.29 is 14.3 Å². The predicted molar refractivity (Wildman–Crippen MR) is 124 cm³/mol. The van der Waals surface area contributed by atoms with Crippen molar-refractivity contribution in [1.29, 1.82) is 0 Å². The van der Waals surface area contributed by atoms with Crippen LogP contribution in [0.15, 0.2) is 65.8 Å². The molecular weight excluding hydrogens is 446 g/mol. The van der Waals surface area contributed by atoms with Crippen LogP contribution in [0, 0.1) is 0 Å². The highest BCUT2D eigenvalue weighted by molar-refractivity contribution is 6.30. The number of hydrogen-bond donors (Lipinski definition) is 1. The first kappa shape index (κ1) is 22.3. The maximum absolute atomic E-state index is 12.8. The molecule has 0 spiro atoms. The molecule has 0 saturated carbocycles. The number of carbonyl (C=O) groups excluding carboxylic acids is 1. The number of aromatic nitrogens is 4. The van der Waals surface area contributed by atoms with E-state index in [1.807, 2.05) is 18.2 Å². The van der Waals surface area contributed by atoms with Crippen molar-refractivity contribution in [2.45, 2.75) is 13.1 Å². The fourth-order valence-electron chi connectivity index (χ4n) is 3.29. The minimum atomic E-state index is -0.282. The van der Waals surface area contributed by atoms with E-state index in [1.165, 1.54) is 24.2 Å². The van der Waals surface area contributed by atoms with Gasteiger partial charge in [-0.25, -0.2) is 9.67 Å². The summed E-state index contributed by atoms with van der Waals surface area (Å²) in [7, 11) is 1.54. The molecule has 4 aromatic rings. The molecule has 0 aliphatic carbocycles. The maximum atomic E-state index is 12.8. The number of methoxy groups -OCH3 is 1. The Morgan fingerprint density at radius 3 is 2.64 bits per heavy atom. The Balaban J connectivity index is 1.34. The molecule has 10 heteroatoms. The maximum Gasteiger partial charge on any atom is 0.264 e. The van der Waals surface area contributed by atoms with Gasteiger partial charge in [-0.2, -0.15) is 5.10 Å². The minimum absolute atomic E-state index is 0.145. The molecule has 0 atom stereocenters. The predicted octanol–water partition coefficient (Wildman–Crippen LogP) is 2.50. The summed E-state index contributed by atoms with van der Waals surface area (Å²) in [6.07, 6.45) is 2.99. The molecule has 0 unspecified atom stereocenters. The van der Waals surface area contributed by atoms with Crippen LogP contribution in [0.25, 0.3) is 11.0 Å².